The number of benzene rings is 1. The van der Waals surface area contributed by atoms with Gasteiger partial charge in [-0.3, -0.25) is 9.78 Å². The SMILES string of the molecule is O=CNCc1cc(-c2ccc(S(F)(F)(F)(F)F)cc2)ncc1F. The number of halogens is 6. The number of aromatic nitrogens is 1. The lowest BCUT2D eigenvalue weighted by molar-refractivity contribution is -0.109. The highest BCUT2D eigenvalue weighted by Crippen LogP contribution is 3.02. The quantitative estimate of drug-likeness (QED) is 0.618. The zero-order valence-corrected chi connectivity index (χ0v) is 12.1. The van der Waals surface area contributed by atoms with Crippen molar-refractivity contribution < 1.29 is 28.6 Å². The molecule has 2 rings (SSSR count). The maximum atomic E-state index is 13.5. The monoisotopic (exact) mass is 356 g/mol. The van der Waals surface area contributed by atoms with Crippen molar-refractivity contribution in [2.24, 2.45) is 0 Å². The van der Waals surface area contributed by atoms with E-state index in [0.717, 1.165) is 18.3 Å². The van der Waals surface area contributed by atoms with Gasteiger partial charge in [0.05, 0.1) is 11.9 Å². The second kappa shape index (κ2) is 4.88. The van der Waals surface area contributed by atoms with Crippen molar-refractivity contribution >= 4 is 16.6 Å². The summed E-state index contributed by atoms with van der Waals surface area (Å²) in [7, 11) is -9.73. The van der Waals surface area contributed by atoms with Crippen molar-refractivity contribution in [3.8, 4) is 11.3 Å². The molecule has 1 aromatic heterocycles. The van der Waals surface area contributed by atoms with Gasteiger partial charge < -0.3 is 5.32 Å². The molecular weight excluding hydrogens is 346 g/mol. The van der Waals surface area contributed by atoms with E-state index in [1.165, 1.54) is 6.07 Å². The van der Waals surface area contributed by atoms with Gasteiger partial charge in [-0.15, -0.1) is 0 Å². The molecule has 0 spiro atoms. The van der Waals surface area contributed by atoms with Crippen LogP contribution in [-0.2, 0) is 11.3 Å². The van der Waals surface area contributed by atoms with E-state index in [9.17, 15) is 28.6 Å². The van der Waals surface area contributed by atoms with Crippen molar-refractivity contribution in [2.45, 2.75) is 11.4 Å². The number of hydrogen-bond acceptors (Lipinski definition) is 2. The zero-order valence-electron chi connectivity index (χ0n) is 11.3. The summed E-state index contributed by atoms with van der Waals surface area (Å²) < 4.78 is 76.6. The van der Waals surface area contributed by atoms with Crippen molar-refractivity contribution in [1.82, 2.24) is 10.3 Å². The number of nitrogens with zero attached hydrogens (tertiary/aromatic N) is 1. The van der Waals surface area contributed by atoms with Crippen molar-refractivity contribution in [3.63, 3.8) is 0 Å². The third-order valence-corrected chi connectivity index (χ3v) is 4.07. The molecule has 0 bridgehead atoms. The number of amides is 1. The standard InChI is InChI=1S/C13H10F6N2OS/c14-12-7-21-13(5-10(12)6-20-8-22)9-1-3-11(4-2-9)23(15,16,17,18)19/h1-5,7-8H,6H2,(H,20,22). The Morgan fingerprint density at radius 2 is 1.70 bits per heavy atom. The molecule has 0 atom stereocenters. The van der Waals surface area contributed by atoms with Crippen LogP contribution in [0.3, 0.4) is 0 Å². The Morgan fingerprint density at radius 1 is 1.09 bits per heavy atom. The lowest BCUT2D eigenvalue weighted by Crippen LogP contribution is -2.11. The molecule has 126 valence electrons. The van der Waals surface area contributed by atoms with Crippen LogP contribution in [0.1, 0.15) is 5.56 Å². The van der Waals surface area contributed by atoms with E-state index >= 15 is 0 Å². The lowest BCUT2D eigenvalue weighted by Gasteiger charge is -2.40. The Hall–Kier alpha value is -2.23. The first-order valence-corrected chi connectivity index (χ1v) is 8.02. The zero-order chi connectivity index (χ0) is 17.4. The maximum absolute atomic E-state index is 13.5. The summed E-state index contributed by atoms with van der Waals surface area (Å²) in [6.45, 7) is -0.144. The molecule has 0 radical (unpaired) electrons. The molecule has 10 heteroatoms. The smallest absolute Gasteiger partial charge is 0.310 e. The van der Waals surface area contributed by atoms with Gasteiger partial charge in [0, 0.05) is 17.7 Å². The van der Waals surface area contributed by atoms with Crippen LogP contribution in [0.25, 0.3) is 11.3 Å². The first-order valence-electron chi connectivity index (χ1n) is 6.07. The summed E-state index contributed by atoms with van der Waals surface area (Å²) in [6.07, 6.45) is 1.18. The van der Waals surface area contributed by atoms with Crippen LogP contribution in [0.2, 0.25) is 0 Å². The highest BCUT2D eigenvalue weighted by Gasteiger charge is 2.65. The third kappa shape index (κ3) is 4.15. The van der Waals surface area contributed by atoms with Crippen LogP contribution < -0.4 is 5.32 Å². The van der Waals surface area contributed by atoms with Gasteiger partial charge >= 0.3 is 10.2 Å². The van der Waals surface area contributed by atoms with Gasteiger partial charge in [-0.2, -0.15) is 0 Å². The molecule has 1 heterocycles. The first-order chi connectivity index (χ1) is 10.4. The molecular formula is C13H10F6N2OS. The molecule has 2 aromatic rings. The second-order valence-corrected chi connectivity index (χ2v) is 7.06. The van der Waals surface area contributed by atoms with E-state index < -0.39 is 20.9 Å². The number of carbonyl (C=O) groups excluding carboxylic acids is 1. The van der Waals surface area contributed by atoms with Gasteiger partial charge in [0.2, 0.25) is 6.41 Å². The Labute approximate surface area is 127 Å². The fraction of sp³-hybridized carbons (Fsp3) is 0.0769. The second-order valence-electron chi connectivity index (χ2n) is 4.65. The van der Waals surface area contributed by atoms with Crippen LogP contribution in [0.5, 0.6) is 0 Å². The average Bonchev–Trinajstić information content (AvgIpc) is 2.44. The van der Waals surface area contributed by atoms with Gasteiger partial charge in [0.15, 0.2) is 0 Å². The van der Waals surface area contributed by atoms with Crippen LogP contribution in [0.15, 0.2) is 41.4 Å². The molecule has 1 amide bonds. The molecule has 0 fully saturated rings. The largest absolute Gasteiger partial charge is 0.354 e. The van der Waals surface area contributed by atoms with Gasteiger partial charge in [-0.05, 0) is 18.2 Å². The van der Waals surface area contributed by atoms with Crippen LogP contribution in [-0.4, -0.2) is 11.4 Å². The molecule has 1 N–H and O–H groups in total. The Morgan fingerprint density at radius 3 is 2.22 bits per heavy atom. The molecule has 23 heavy (non-hydrogen) atoms. The summed E-state index contributed by atoms with van der Waals surface area (Å²) in [4.78, 5) is 11.9. The third-order valence-electron chi connectivity index (χ3n) is 2.91. The minimum Gasteiger partial charge on any atom is -0.354 e. The van der Waals surface area contributed by atoms with E-state index in [4.69, 9.17) is 0 Å². The topological polar surface area (TPSA) is 42.0 Å². The predicted molar refractivity (Wildman–Crippen MR) is 73.9 cm³/mol. The summed E-state index contributed by atoms with van der Waals surface area (Å²) in [5, 5.41) is 2.23. The van der Waals surface area contributed by atoms with E-state index in [1.54, 1.807) is 0 Å². The van der Waals surface area contributed by atoms with E-state index in [1.807, 2.05) is 0 Å². The molecule has 0 saturated heterocycles. The summed E-state index contributed by atoms with van der Waals surface area (Å²) in [5.74, 6) is -0.716. The normalized spacial score (nSPS) is 14.7. The highest BCUT2D eigenvalue weighted by atomic mass is 32.5. The molecule has 0 aliphatic heterocycles. The van der Waals surface area contributed by atoms with Gasteiger partial charge in [-0.1, -0.05) is 31.6 Å². The van der Waals surface area contributed by atoms with E-state index in [2.05, 4.69) is 10.3 Å². The molecule has 1 aromatic carbocycles. The van der Waals surface area contributed by atoms with Gasteiger partial charge in [-0.25, -0.2) is 4.39 Å². The van der Waals surface area contributed by atoms with E-state index in [-0.39, 0.29) is 35.5 Å². The lowest BCUT2D eigenvalue weighted by atomic mass is 10.1. The highest BCUT2D eigenvalue weighted by molar-refractivity contribution is 8.45. The van der Waals surface area contributed by atoms with Crippen molar-refractivity contribution in [1.29, 1.82) is 0 Å². The fourth-order valence-electron chi connectivity index (χ4n) is 1.81. The minimum absolute atomic E-state index is 0.0545. The molecule has 0 aliphatic carbocycles. The van der Waals surface area contributed by atoms with Crippen LogP contribution in [0.4, 0.5) is 23.8 Å². The first kappa shape index (κ1) is 17.1. The average molecular weight is 356 g/mol. The van der Waals surface area contributed by atoms with Gasteiger partial charge in [0.25, 0.3) is 0 Å². The number of carbonyl (C=O) groups is 1. The Bertz CT molecular complexity index is 746. The van der Waals surface area contributed by atoms with Crippen LogP contribution >= 0.6 is 10.2 Å². The van der Waals surface area contributed by atoms with Crippen molar-refractivity contribution in [3.05, 3.63) is 47.9 Å². The molecule has 0 saturated carbocycles. The summed E-state index contributed by atoms with van der Waals surface area (Å²) >= 11 is 0. The number of rotatable bonds is 5. The Kier molecular flexibility index (Phi) is 3.64. The Balaban J connectivity index is 2.39. The number of nitrogens with one attached hydrogen (secondary N) is 1. The van der Waals surface area contributed by atoms with E-state index in [0.29, 0.717) is 6.41 Å². The summed E-state index contributed by atoms with van der Waals surface area (Å²) in [5.41, 5.74) is 0.240. The molecule has 0 aliphatic rings. The summed E-state index contributed by atoms with van der Waals surface area (Å²) in [6, 6.07) is 3.37. The maximum Gasteiger partial charge on any atom is 0.310 e. The molecule has 0 unspecified atom stereocenters. The van der Waals surface area contributed by atoms with Crippen molar-refractivity contribution in [2.75, 3.05) is 0 Å². The fourth-order valence-corrected chi connectivity index (χ4v) is 2.46. The van der Waals surface area contributed by atoms with Gasteiger partial charge in [0.1, 0.15) is 10.7 Å². The van der Waals surface area contributed by atoms with Crippen LogP contribution in [0, 0.1) is 5.82 Å². The minimum atomic E-state index is -9.73. The predicted octanol–water partition coefficient (Wildman–Crippen LogP) is 4.79. The number of pyridine rings is 1. The number of hydrogen-bond donors (Lipinski definition) is 1. The molecule has 3 nitrogen and oxygen atoms in total.